The lowest BCUT2D eigenvalue weighted by Crippen LogP contribution is -2.48. The van der Waals surface area contributed by atoms with E-state index in [1.165, 1.54) is 22.3 Å². The fraction of sp³-hybridized carbons (Fsp3) is 0.684. The average Bonchev–Trinajstić information content (AvgIpc) is 2.41. The summed E-state index contributed by atoms with van der Waals surface area (Å²) in [5.41, 5.74) is 5.77. The molecule has 3 atom stereocenters. The van der Waals surface area contributed by atoms with E-state index < -0.39 is 0 Å². The second-order valence-corrected chi connectivity index (χ2v) is 7.59. The smallest absolute Gasteiger partial charge is 0.0598 e. The third-order valence-electron chi connectivity index (χ3n) is 5.48. The zero-order chi connectivity index (χ0) is 15.1. The number of nitrogens with zero attached hydrogens (tertiary/aromatic N) is 1. The molecule has 0 bridgehead atoms. The van der Waals surface area contributed by atoms with Crippen LogP contribution >= 0.6 is 0 Å². The molecule has 2 heterocycles. The van der Waals surface area contributed by atoms with Gasteiger partial charge < -0.3 is 5.11 Å². The van der Waals surface area contributed by atoms with Gasteiger partial charge in [-0.25, -0.2) is 0 Å². The maximum atomic E-state index is 10.6. The molecule has 0 radical (unpaired) electrons. The number of aryl methyl sites for hydroxylation is 2. The Bertz CT molecular complexity index is 523. The van der Waals surface area contributed by atoms with Crippen molar-refractivity contribution in [2.24, 2.45) is 11.8 Å². The van der Waals surface area contributed by atoms with Crippen molar-refractivity contribution in [1.82, 2.24) is 4.90 Å². The molecule has 0 aromatic heterocycles. The van der Waals surface area contributed by atoms with E-state index in [-0.39, 0.29) is 6.10 Å². The maximum Gasteiger partial charge on any atom is 0.0598 e. The van der Waals surface area contributed by atoms with Gasteiger partial charge in [0.2, 0.25) is 0 Å². The van der Waals surface area contributed by atoms with Crippen LogP contribution in [0.2, 0.25) is 0 Å². The first-order valence-electron chi connectivity index (χ1n) is 8.48. The number of piperidine rings is 1. The molecule has 2 unspecified atom stereocenters. The predicted molar refractivity (Wildman–Crippen MR) is 87.5 cm³/mol. The van der Waals surface area contributed by atoms with Crippen LogP contribution in [0, 0.1) is 25.7 Å². The van der Waals surface area contributed by atoms with Gasteiger partial charge in [-0.15, -0.1) is 0 Å². The Morgan fingerprint density at radius 1 is 1.24 bits per heavy atom. The summed E-state index contributed by atoms with van der Waals surface area (Å²) in [5, 5.41) is 10.6. The Morgan fingerprint density at radius 2 is 1.95 bits per heavy atom. The number of aliphatic hydroxyl groups excluding tert-OH is 1. The summed E-state index contributed by atoms with van der Waals surface area (Å²) in [6.07, 6.45) is 3.08. The fourth-order valence-corrected chi connectivity index (χ4v) is 4.22. The van der Waals surface area contributed by atoms with E-state index in [1.54, 1.807) is 0 Å². The molecule has 2 aliphatic heterocycles. The van der Waals surface area contributed by atoms with E-state index in [0.717, 1.165) is 32.4 Å². The van der Waals surface area contributed by atoms with Crippen molar-refractivity contribution in [2.45, 2.75) is 59.1 Å². The first kappa shape index (κ1) is 15.1. The topological polar surface area (TPSA) is 23.5 Å². The van der Waals surface area contributed by atoms with E-state index in [9.17, 15) is 5.11 Å². The van der Waals surface area contributed by atoms with Crippen LogP contribution in [0.4, 0.5) is 0 Å². The predicted octanol–water partition coefficient (Wildman–Crippen LogP) is 3.63. The van der Waals surface area contributed by atoms with Crippen molar-refractivity contribution in [3.8, 4) is 0 Å². The molecule has 1 fully saturated rings. The van der Waals surface area contributed by atoms with Gasteiger partial charge in [-0.05, 0) is 67.2 Å². The summed E-state index contributed by atoms with van der Waals surface area (Å²) in [7, 11) is 0. The molecular weight excluding hydrogens is 258 g/mol. The van der Waals surface area contributed by atoms with Crippen LogP contribution in [0.3, 0.4) is 0 Å². The second kappa shape index (κ2) is 5.73. The van der Waals surface area contributed by atoms with Gasteiger partial charge in [0.1, 0.15) is 0 Å². The highest BCUT2D eigenvalue weighted by Crippen LogP contribution is 2.40. The Labute approximate surface area is 129 Å². The minimum atomic E-state index is -0.138. The van der Waals surface area contributed by atoms with Gasteiger partial charge in [-0.2, -0.15) is 0 Å². The monoisotopic (exact) mass is 287 g/mol. The maximum absolute atomic E-state index is 10.6. The van der Waals surface area contributed by atoms with Crippen molar-refractivity contribution < 1.29 is 5.11 Å². The van der Waals surface area contributed by atoms with Crippen molar-refractivity contribution in [1.29, 1.82) is 0 Å². The van der Waals surface area contributed by atoms with E-state index in [4.69, 9.17) is 0 Å². The Kier molecular flexibility index (Phi) is 4.11. The van der Waals surface area contributed by atoms with Gasteiger partial charge in [0.25, 0.3) is 0 Å². The van der Waals surface area contributed by atoms with Crippen LogP contribution in [-0.4, -0.2) is 29.2 Å². The summed E-state index contributed by atoms with van der Waals surface area (Å²) in [6, 6.07) is 5.18. The molecule has 0 amide bonds. The third kappa shape index (κ3) is 2.89. The van der Waals surface area contributed by atoms with E-state index in [2.05, 4.69) is 44.7 Å². The average molecular weight is 287 g/mol. The molecule has 1 aromatic rings. The number of fused-ring (bicyclic) bond motifs is 3. The normalized spacial score (nSPS) is 29.3. The fourth-order valence-electron chi connectivity index (χ4n) is 4.22. The van der Waals surface area contributed by atoms with Gasteiger partial charge in [0.05, 0.1) is 6.10 Å². The highest BCUT2D eigenvalue weighted by Gasteiger charge is 2.38. The molecule has 0 saturated carbocycles. The van der Waals surface area contributed by atoms with E-state index >= 15 is 0 Å². The highest BCUT2D eigenvalue weighted by molar-refractivity contribution is 5.41. The summed E-state index contributed by atoms with van der Waals surface area (Å²) in [6.45, 7) is 11.1. The Balaban J connectivity index is 1.85. The lowest BCUT2D eigenvalue weighted by molar-refractivity contribution is -0.0191. The molecule has 3 rings (SSSR count). The molecule has 0 spiro atoms. The van der Waals surface area contributed by atoms with Crippen LogP contribution in [-0.2, 0) is 6.42 Å². The largest absolute Gasteiger partial charge is 0.393 e. The Morgan fingerprint density at radius 3 is 2.67 bits per heavy atom. The van der Waals surface area contributed by atoms with Crippen molar-refractivity contribution in [2.75, 3.05) is 13.1 Å². The van der Waals surface area contributed by atoms with Gasteiger partial charge >= 0.3 is 0 Å². The van der Waals surface area contributed by atoms with Gasteiger partial charge in [-0.3, -0.25) is 4.90 Å². The summed E-state index contributed by atoms with van der Waals surface area (Å²) in [5.74, 6) is 1.12. The quantitative estimate of drug-likeness (QED) is 0.898. The van der Waals surface area contributed by atoms with Crippen LogP contribution in [0.1, 0.15) is 55.0 Å². The first-order chi connectivity index (χ1) is 9.95. The van der Waals surface area contributed by atoms with Crippen LogP contribution in [0.25, 0.3) is 0 Å². The standard InChI is InChI=1S/C19H29NO/c1-12(2)7-16-11-20-6-5-15-8-13(3)14(4)9-17(15)18(20)10-19(16)21/h8-9,12,16,18-19,21H,5-7,10-11H2,1-4H3/t16?,18?,19-/m1/s1. The molecule has 0 aliphatic carbocycles. The zero-order valence-electron chi connectivity index (χ0n) is 13.9. The number of hydrogen-bond donors (Lipinski definition) is 1. The number of hydrogen-bond acceptors (Lipinski definition) is 2. The third-order valence-corrected chi connectivity index (χ3v) is 5.48. The zero-order valence-corrected chi connectivity index (χ0v) is 13.9. The van der Waals surface area contributed by atoms with Crippen LogP contribution in [0.5, 0.6) is 0 Å². The van der Waals surface area contributed by atoms with Gasteiger partial charge in [0, 0.05) is 19.1 Å². The van der Waals surface area contributed by atoms with Gasteiger partial charge in [-0.1, -0.05) is 26.0 Å². The molecule has 2 heteroatoms. The molecular formula is C19H29NO. The molecule has 1 saturated heterocycles. The lowest BCUT2D eigenvalue weighted by atomic mass is 9.78. The van der Waals surface area contributed by atoms with Crippen LogP contribution in [0.15, 0.2) is 12.1 Å². The molecule has 1 N–H and O–H groups in total. The SMILES string of the molecule is Cc1cc2c(cc1C)C1C[C@@H](O)C(CC(C)C)CN1CC2. The lowest BCUT2D eigenvalue weighted by Gasteiger charge is -2.46. The first-order valence-corrected chi connectivity index (χ1v) is 8.48. The summed E-state index contributed by atoms with van der Waals surface area (Å²) < 4.78 is 0. The van der Waals surface area contributed by atoms with Crippen molar-refractivity contribution in [3.63, 3.8) is 0 Å². The second-order valence-electron chi connectivity index (χ2n) is 7.59. The van der Waals surface area contributed by atoms with E-state index in [1.807, 2.05) is 0 Å². The number of rotatable bonds is 2. The molecule has 21 heavy (non-hydrogen) atoms. The molecule has 2 nitrogen and oxygen atoms in total. The summed E-state index contributed by atoms with van der Waals surface area (Å²) >= 11 is 0. The molecule has 1 aromatic carbocycles. The minimum absolute atomic E-state index is 0.138. The van der Waals surface area contributed by atoms with Crippen LogP contribution < -0.4 is 0 Å². The minimum Gasteiger partial charge on any atom is -0.393 e. The number of benzene rings is 1. The Hall–Kier alpha value is -0.860. The molecule has 2 aliphatic rings. The van der Waals surface area contributed by atoms with E-state index in [0.29, 0.717) is 17.9 Å². The highest BCUT2D eigenvalue weighted by atomic mass is 16.3. The molecule has 116 valence electrons. The van der Waals surface area contributed by atoms with Crippen molar-refractivity contribution in [3.05, 3.63) is 34.4 Å². The van der Waals surface area contributed by atoms with Crippen molar-refractivity contribution >= 4 is 0 Å². The number of aliphatic hydroxyl groups is 1. The van der Waals surface area contributed by atoms with Gasteiger partial charge in [0.15, 0.2) is 0 Å². The summed E-state index contributed by atoms with van der Waals surface area (Å²) in [4.78, 5) is 2.62.